The van der Waals surface area contributed by atoms with Gasteiger partial charge in [-0.3, -0.25) is 0 Å². The van der Waals surface area contributed by atoms with Gasteiger partial charge in [0.15, 0.2) is 0 Å². The minimum Gasteiger partial charge on any atom is -0.378 e. The molecule has 0 saturated carbocycles. The molecule has 4 heteroatoms. The third kappa shape index (κ3) is 2.06. The van der Waals surface area contributed by atoms with E-state index in [1.165, 1.54) is 0 Å². The van der Waals surface area contributed by atoms with Crippen molar-refractivity contribution in [2.45, 2.75) is 39.0 Å². The van der Waals surface area contributed by atoms with Crippen LogP contribution in [0, 0.1) is 5.92 Å². The van der Waals surface area contributed by atoms with E-state index in [0.717, 1.165) is 25.4 Å². The first-order valence-electron chi connectivity index (χ1n) is 5.60. The fourth-order valence-corrected chi connectivity index (χ4v) is 2.20. The van der Waals surface area contributed by atoms with Crippen molar-refractivity contribution in [3.63, 3.8) is 0 Å². The van der Waals surface area contributed by atoms with Crippen molar-refractivity contribution < 1.29 is 4.74 Å². The maximum Gasteiger partial charge on any atom is 0.125 e. The van der Waals surface area contributed by atoms with Gasteiger partial charge in [0.05, 0.1) is 18.8 Å². The SMILES string of the molecule is CCn1ccnc1C(N)C1COC(C)C1. The standard InChI is InChI=1S/C11H19N3O/c1-3-14-5-4-13-11(14)10(12)9-6-8(2)15-7-9/h4-5,8-10H,3,6-7,12H2,1-2H3. The van der Waals surface area contributed by atoms with E-state index in [-0.39, 0.29) is 6.04 Å². The highest BCUT2D eigenvalue weighted by Gasteiger charge is 2.30. The molecule has 1 aromatic rings. The molecule has 2 N–H and O–H groups in total. The van der Waals surface area contributed by atoms with Crippen LogP contribution in [0.3, 0.4) is 0 Å². The smallest absolute Gasteiger partial charge is 0.125 e. The van der Waals surface area contributed by atoms with Crippen molar-refractivity contribution in [1.82, 2.24) is 9.55 Å². The van der Waals surface area contributed by atoms with Gasteiger partial charge in [-0.05, 0) is 20.3 Å². The van der Waals surface area contributed by atoms with Crippen molar-refractivity contribution >= 4 is 0 Å². The van der Waals surface area contributed by atoms with E-state index >= 15 is 0 Å². The molecule has 0 bridgehead atoms. The molecule has 2 rings (SSSR count). The van der Waals surface area contributed by atoms with E-state index in [1.807, 2.05) is 12.4 Å². The summed E-state index contributed by atoms with van der Waals surface area (Å²) in [5.41, 5.74) is 6.22. The summed E-state index contributed by atoms with van der Waals surface area (Å²) in [7, 11) is 0. The summed E-state index contributed by atoms with van der Waals surface area (Å²) in [6.07, 6.45) is 5.18. The first-order chi connectivity index (χ1) is 7.22. The average molecular weight is 209 g/mol. The first-order valence-corrected chi connectivity index (χ1v) is 5.60. The van der Waals surface area contributed by atoms with E-state index in [1.54, 1.807) is 0 Å². The number of imidazole rings is 1. The van der Waals surface area contributed by atoms with Crippen LogP contribution in [0.2, 0.25) is 0 Å². The molecule has 15 heavy (non-hydrogen) atoms. The number of aryl methyl sites for hydroxylation is 1. The molecule has 1 fully saturated rings. The Hall–Kier alpha value is -0.870. The summed E-state index contributed by atoms with van der Waals surface area (Å²) in [4.78, 5) is 4.34. The number of ether oxygens (including phenoxy) is 1. The zero-order valence-corrected chi connectivity index (χ0v) is 9.39. The second kappa shape index (κ2) is 4.33. The van der Waals surface area contributed by atoms with E-state index in [2.05, 4.69) is 23.4 Å². The van der Waals surface area contributed by atoms with E-state index in [0.29, 0.717) is 12.0 Å². The van der Waals surface area contributed by atoms with Crippen LogP contribution in [0.5, 0.6) is 0 Å². The molecule has 0 radical (unpaired) electrons. The third-order valence-corrected chi connectivity index (χ3v) is 3.12. The molecule has 1 saturated heterocycles. The van der Waals surface area contributed by atoms with Gasteiger partial charge in [0, 0.05) is 24.9 Å². The lowest BCUT2D eigenvalue weighted by atomic mass is 9.97. The Labute approximate surface area is 90.4 Å². The van der Waals surface area contributed by atoms with Crippen LogP contribution in [-0.4, -0.2) is 22.3 Å². The molecule has 1 aliphatic rings. The fraction of sp³-hybridized carbons (Fsp3) is 0.727. The fourth-order valence-electron chi connectivity index (χ4n) is 2.20. The lowest BCUT2D eigenvalue weighted by molar-refractivity contribution is 0.118. The van der Waals surface area contributed by atoms with E-state index in [9.17, 15) is 0 Å². The Morgan fingerprint density at radius 2 is 2.53 bits per heavy atom. The lowest BCUT2D eigenvalue weighted by Crippen LogP contribution is -2.25. The highest BCUT2D eigenvalue weighted by atomic mass is 16.5. The monoisotopic (exact) mass is 209 g/mol. The Morgan fingerprint density at radius 3 is 3.13 bits per heavy atom. The van der Waals surface area contributed by atoms with Gasteiger partial charge in [0.25, 0.3) is 0 Å². The van der Waals surface area contributed by atoms with Gasteiger partial charge in [-0.2, -0.15) is 0 Å². The van der Waals surface area contributed by atoms with Crippen LogP contribution in [-0.2, 0) is 11.3 Å². The van der Waals surface area contributed by atoms with Gasteiger partial charge in [0.1, 0.15) is 5.82 Å². The molecular formula is C11H19N3O. The average Bonchev–Trinajstić information content (AvgIpc) is 2.84. The largest absolute Gasteiger partial charge is 0.378 e. The summed E-state index contributed by atoms with van der Waals surface area (Å²) < 4.78 is 7.65. The van der Waals surface area contributed by atoms with Crippen LogP contribution in [0.4, 0.5) is 0 Å². The summed E-state index contributed by atoms with van der Waals surface area (Å²) in [5, 5.41) is 0. The van der Waals surface area contributed by atoms with Gasteiger partial charge in [-0.15, -0.1) is 0 Å². The number of nitrogens with two attached hydrogens (primary N) is 1. The second-order valence-corrected chi connectivity index (χ2v) is 4.24. The quantitative estimate of drug-likeness (QED) is 0.817. The van der Waals surface area contributed by atoms with E-state index < -0.39 is 0 Å². The Kier molecular flexibility index (Phi) is 3.07. The molecule has 1 aliphatic heterocycles. The van der Waals surface area contributed by atoms with Gasteiger partial charge in [-0.1, -0.05) is 0 Å². The number of hydrogen-bond donors (Lipinski definition) is 1. The maximum absolute atomic E-state index is 6.22. The van der Waals surface area contributed by atoms with Crippen LogP contribution < -0.4 is 5.73 Å². The summed E-state index contributed by atoms with van der Waals surface area (Å²) in [5.74, 6) is 1.40. The predicted octanol–water partition coefficient (Wildman–Crippen LogP) is 1.33. The summed E-state index contributed by atoms with van der Waals surface area (Å²) in [6.45, 7) is 5.88. The topological polar surface area (TPSA) is 53.1 Å². The molecule has 3 atom stereocenters. The first kappa shape index (κ1) is 10.6. The van der Waals surface area contributed by atoms with Gasteiger partial charge >= 0.3 is 0 Å². The number of rotatable bonds is 3. The van der Waals surface area contributed by atoms with Crippen LogP contribution in [0.15, 0.2) is 12.4 Å². The second-order valence-electron chi connectivity index (χ2n) is 4.24. The van der Waals surface area contributed by atoms with Crippen LogP contribution in [0.1, 0.15) is 32.1 Å². The third-order valence-electron chi connectivity index (χ3n) is 3.12. The number of hydrogen-bond acceptors (Lipinski definition) is 3. The van der Waals surface area contributed by atoms with E-state index in [4.69, 9.17) is 10.5 Å². The summed E-state index contributed by atoms with van der Waals surface area (Å²) >= 11 is 0. The highest BCUT2D eigenvalue weighted by molar-refractivity contribution is 5.01. The van der Waals surface area contributed by atoms with Crippen molar-refractivity contribution in [1.29, 1.82) is 0 Å². The molecule has 0 spiro atoms. The minimum atomic E-state index is 0.00454. The minimum absolute atomic E-state index is 0.00454. The Balaban J connectivity index is 2.10. The zero-order valence-electron chi connectivity index (χ0n) is 9.39. The van der Waals surface area contributed by atoms with Gasteiger partial charge in [0.2, 0.25) is 0 Å². The van der Waals surface area contributed by atoms with Gasteiger partial charge < -0.3 is 15.0 Å². The maximum atomic E-state index is 6.22. The van der Waals surface area contributed by atoms with Crippen molar-refractivity contribution in [3.05, 3.63) is 18.2 Å². The Bertz CT molecular complexity index is 323. The van der Waals surface area contributed by atoms with Crippen molar-refractivity contribution in [2.24, 2.45) is 11.7 Å². The highest BCUT2D eigenvalue weighted by Crippen LogP contribution is 2.29. The van der Waals surface area contributed by atoms with Crippen molar-refractivity contribution in [2.75, 3.05) is 6.61 Å². The Morgan fingerprint density at radius 1 is 1.73 bits per heavy atom. The van der Waals surface area contributed by atoms with Crippen molar-refractivity contribution in [3.8, 4) is 0 Å². The molecule has 1 aromatic heterocycles. The summed E-state index contributed by atoms with van der Waals surface area (Å²) in [6, 6.07) is 0.00454. The molecule has 0 aromatic carbocycles. The molecule has 3 unspecified atom stereocenters. The molecule has 2 heterocycles. The van der Waals surface area contributed by atoms with Crippen LogP contribution in [0.25, 0.3) is 0 Å². The molecule has 4 nitrogen and oxygen atoms in total. The number of aromatic nitrogens is 2. The molecule has 0 aliphatic carbocycles. The molecular weight excluding hydrogens is 190 g/mol. The predicted molar refractivity (Wildman–Crippen MR) is 58.4 cm³/mol. The van der Waals surface area contributed by atoms with Gasteiger partial charge in [-0.25, -0.2) is 4.98 Å². The normalized spacial score (nSPS) is 28.2. The lowest BCUT2D eigenvalue weighted by Gasteiger charge is -2.18. The molecule has 84 valence electrons. The molecule has 0 amide bonds. The number of nitrogens with zero attached hydrogens (tertiary/aromatic N) is 2. The zero-order chi connectivity index (χ0) is 10.8. The van der Waals surface area contributed by atoms with Crippen LogP contribution >= 0.6 is 0 Å².